The highest BCUT2D eigenvalue weighted by Gasteiger charge is 2.45. The van der Waals surface area contributed by atoms with E-state index >= 15 is 0 Å². The van der Waals surface area contributed by atoms with E-state index in [-0.39, 0.29) is 0 Å². The Morgan fingerprint density at radius 2 is 2.07 bits per heavy atom. The summed E-state index contributed by atoms with van der Waals surface area (Å²) in [4.78, 5) is 3.32. The van der Waals surface area contributed by atoms with Crippen molar-refractivity contribution in [3.05, 3.63) is 23.8 Å². The van der Waals surface area contributed by atoms with E-state index in [9.17, 15) is 0 Å². The molecule has 3 heteroatoms. The average Bonchev–Trinajstić information content (AvgIpc) is 2.86. The minimum absolute atomic E-state index is 0.887. The van der Waals surface area contributed by atoms with Crippen LogP contribution in [0.5, 0.6) is 0 Å². The summed E-state index contributed by atoms with van der Waals surface area (Å²) in [7, 11) is 0. The summed E-state index contributed by atoms with van der Waals surface area (Å²) >= 11 is 4.32. The van der Waals surface area contributed by atoms with Gasteiger partial charge in [0.25, 0.3) is 0 Å². The molecule has 2 atom stereocenters. The average molecular weight is 218 g/mol. The number of nitrogens with zero attached hydrogens (tertiary/aromatic N) is 1. The van der Waals surface area contributed by atoms with Gasteiger partial charge in [0, 0.05) is 35.5 Å². The molecule has 1 aliphatic heterocycles. The van der Waals surface area contributed by atoms with Crippen molar-refractivity contribution in [1.82, 2.24) is 0 Å². The Kier molecular flexibility index (Phi) is 2.02. The van der Waals surface area contributed by atoms with Gasteiger partial charge in [-0.25, -0.2) is 0 Å². The molecule has 1 aromatic carbocycles. The summed E-state index contributed by atoms with van der Waals surface area (Å²) in [5, 5.41) is 7.31. The van der Waals surface area contributed by atoms with Crippen LogP contribution in [0, 0.1) is 17.2 Å². The van der Waals surface area contributed by atoms with Gasteiger partial charge < -0.3 is 10.3 Å². The van der Waals surface area contributed by atoms with E-state index in [2.05, 4.69) is 29.7 Å². The van der Waals surface area contributed by atoms with Crippen LogP contribution in [0.15, 0.2) is 23.1 Å². The fourth-order valence-corrected chi connectivity index (χ4v) is 2.67. The smallest absolute Gasteiger partial charge is 0.0373 e. The van der Waals surface area contributed by atoms with Gasteiger partial charge in [-0.2, -0.15) is 0 Å². The van der Waals surface area contributed by atoms with Crippen LogP contribution in [0.25, 0.3) is 0 Å². The van der Waals surface area contributed by atoms with Gasteiger partial charge in [0.05, 0.1) is 0 Å². The van der Waals surface area contributed by atoms with Crippen molar-refractivity contribution in [3.8, 4) is 0 Å². The lowest BCUT2D eigenvalue weighted by Crippen LogP contribution is -2.21. The van der Waals surface area contributed by atoms with Gasteiger partial charge >= 0.3 is 0 Å². The molecular weight excluding hydrogens is 204 g/mol. The van der Waals surface area contributed by atoms with Crippen LogP contribution < -0.4 is 4.90 Å². The largest absolute Gasteiger partial charge is 0.371 e. The second-order valence-corrected chi connectivity index (χ2v) is 5.03. The van der Waals surface area contributed by atoms with E-state index in [0.29, 0.717) is 0 Å². The molecule has 15 heavy (non-hydrogen) atoms. The van der Waals surface area contributed by atoms with Gasteiger partial charge in [0.1, 0.15) is 0 Å². The van der Waals surface area contributed by atoms with Crippen LogP contribution in [0.2, 0.25) is 0 Å². The van der Waals surface area contributed by atoms with Gasteiger partial charge in [0.15, 0.2) is 0 Å². The fourth-order valence-electron chi connectivity index (χ4n) is 2.46. The first-order valence-corrected chi connectivity index (χ1v) is 5.81. The minimum Gasteiger partial charge on any atom is -0.371 e. The number of hydrogen-bond donors (Lipinski definition) is 2. The Hall–Kier alpha value is -0.960. The quantitative estimate of drug-likeness (QED) is 0.579. The van der Waals surface area contributed by atoms with E-state index < -0.39 is 0 Å². The molecule has 0 aromatic heterocycles. The monoisotopic (exact) mass is 218 g/mol. The number of benzene rings is 1. The maximum atomic E-state index is 7.31. The van der Waals surface area contributed by atoms with Crippen LogP contribution in [-0.4, -0.2) is 19.3 Å². The third-order valence-electron chi connectivity index (χ3n) is 3.51. The number of thiol groups is 1. The molecule has 3 rings (SSSR count). The van der Waals surface area contributed by atoms with Crippen molar-refractivity contribution in [2.75, 3.05) is 18.0 Å². The molecule has 1 heterocycles. The van der Waals surface area contributed by atoms with E-state index in [1.807, 2.05) is 6.07 Å². The highest BCUT2D eigenvalue weighted by atomic mass is 32.1. The van der Waals surface area contributed by atoms with Crippen molar-refractivity contribution in [1.29, 1.82) is 5.41 Å². The molecule has 0 spiro atoms. The number of nitrogens with one attached hydrogen (secondary N) is 1. The topological polar surface area (TPSA) is 27.1 Å². The predicted molar refractivity (Wildman–Crippen MR) is 65.4 cm³/mol. The van der Waals surface area contributed by atoms with Crippen LogP contribution in [-0.2, 0) is 0 Å². The first-order valence-electron chi connectivity index (χ1n) is 5.36. The summed E-state index contributed by atoms with van der Waals surface area (Å²) in [6.45, 7) is 2.40. The molecule has 0 radical (unpaired) electrons. The van der Waals surface area contributed by atoms with Crippen molar-refractivity contribution < 1.29 is 0 Å². The first kappa shape index (κ1) is 9.28. The maximum absolute atomic E-state index is 7.31. The Balaban J connectivity index is 1.88. The van der Waals surface area contributed by atoms with Crippen molar-refractivity contribution in [2.24, 2.45) is 11.8 Å². The Morgan fingerprint density at radius 1 is 1.33 bits per heavy atom. The number of anilines is 1. The Labute approximate surface area is 95.2 Å². The normalized spacial score (nSPS) is 27.7. The van der Waals surface area contributed by atoms with Crippen molar-refractivity contribution >= 4 is 24.5 Å². The zero-order chi connectivity index (χ0) is 10.4. The molecule has 1 aromatic rings. The van der Waals surface area contributed by atoms with E-state index in [0.717, 1.165) is 22.3 Å². The molecule has 0 amide bonds. The van der Waals surface area contributed by atoms with Gasteiger partial charge in [-0.05, 0) is 36.5 Å². The lowest BCUT2D eigenvalue weighted by atomic mass is 10.2. The van der Waals surface area contributed by atoms with Gasteiger partial charge in [0.2, 0.25) is 0 Å². The molecule has 1 N–H and O–H groups in total. The number of piperidine rings is 1. The van der Waals surface area contributed by atoms with Crippen LogP contribution in [0.1, 0.15) is 12.0 Å². The molecule has 0 bridgehead atoms. The first-order chi connectivity index (χ1) is 7.28. The summed E-state index contributed by atoms with van der Waals surface area (Å²) < 4.78 is 0. The molecule has 0 unspecified atom stereocenters. The third kappa shape index (κ3) is 1.55. The molecule has 1 saturated heterocycles. The molecule has 1 saturated carbocycles. The van der Waals surface area contributed by atoms with Crippen molar-refractivity contribution in [3.63, 3.8) is 0 Å². The van der Waals surface area contributed by atoms with Gasteiger partial charge in [-0.1, -0.05) is 0 Å². The standard InChI is InChI=1S/C12H14N2S/c13-5-8-4-11(1-2-12(8)15)14-6-9-3-10(9)7-14/h1-2,4-5,9-10,13,15H,3,6-7H2/t9-,10+. The van der Waals surface area contributed by atoms with E-state index in [1.165, 1.54) is 31.4 Å². The van der Waals surface area contributed by atoms with Crippen LogP contribution >= 0.6 is 12.6 Å². The zero-order valence-corrected chi connectivity index (χ0v) is 9.37. The Bertz CT molecular complexity index is 406. The minimum atomic E-state index is 0.887. The SMILES string of the molecule is N=Cc1cc(N2C[C@H]3C[C@H]3C2)ccc1S. The van der Waals surface area contributed by atoms with Gasteiger partial charge in [-0.15, -0.1) is 12.6 Å². The van der Waals surface area contributed by atoms with Crippen LogP contribution in [0.3, 0.4) is 0 Å². The second kappa shape index (κ2) is 3.27. The predicted octanol–water partition coefficient (Wildman–Crippen LogP) is 2.43. The lowest BCUT2D eigenvalue weighted by molar-refractivity contribution is 0.819. The fraction of sp³-hybridized carbons (Fsp3) is 0.417. The molecule has 1 aliphatic carbocycles. The highest BCUT2D eigenvalue weighted by Crippen LogP contribution is 2.46. The third-order valence-corrected chi connectivity index (χ3v) is 3.92. The highest BCUT2D eigenvalue weighted by molar-refractivity contribution is 7.80. The molecular formula is C12H14N2S. The molecule has 2 nitrogen and oxygen atoms in total. The molecule has 2 fully saturated rings. The summed E-state index contributed by atoms with van der Waals surface area (Å²) in [6.07, 6.45) is 2.81. The Morgan fingerprint density at radius 3 is 2.73 bits per heavy atom. The zero-order valence-electron chi connectivity index (χ0n) is 8.48. The molecule has 78 valence electrons. The van der Waals surface area contributed by atoms with E-state index in [4.69, 9.17) is 5.41 Å². The van der Waals surface area contributed by atoms with E-state index in [1.54, 1.807) is 0 Å². The number of hydrogen-bond acceptors (Lipinski definition) is 3. The van der Waals surface area contributed by atoms with Gasteiger partial charge in [-0.3, -0.25) is 0 Å². The lowest BCUT2D eigenvalue weighted by Gasteiger charge is -2.20. The number of fused-ring (bicyclic) bond motifs is 1. The second-order valence-electron chi connectivity index (χ2n) is 4.55. The van der Waals surface area contributed by atoms with Crippen molar-refractivity contribution in [2.45, 2.75) is 11.3 Å². The summed E-state index contributed by atoms with van der Waals surface area (Å²) in [5.41, 5.74) is 2.16. The van der Waals surface area contributed by atoms with Crippen LogP contribution in [0.4, 0.5) is 5.69 Å². The molecule has 2 aliphatic rings. The number of rotatable bonds is 2. The summed E-state index contributed by atoms with van der Waals surface area (Å²) in [6, 6.07) is 6.17. The summed E-state index contributed by atoms with van der Waals surface area (Å²) in [5.74, 6) is 1.90. The maximum Gasteiger partial charge on any atom is 0.0373 e.